The van der Waals surface area contributed by atoms with E-state index in [4.69, 9.17) is 16.3 Å². The van der Waals surface area contributed by atoms with Gasteiger partial charge in [-0.15, -0.1) is 0 Å². The van der Waals surface area contributed by atoms with Crippen molar-refractivity contribution < 1.29 is 19.1 Å². The Hall–Kier alpha value is -4.95. The minimum Gasteiger partial charge on any atom is -0.464 e. The average molecular weight is 539 g/mol. The number of fused-ring (bicyclic) bond motifs is 2. The van der Waals surface area contributed by atoms with Crippen LogP contribution >= 0.6 is 11.6 Å². The predicted molar refractivity (Wildman–Crippen MR) is 150 cm³/mol. The summed E-state index contributed by atoms with van der Waals surface area (Å²) in [5, 5.41) is 7.44. The van der Waals surface area contributed by atoms with Crippen molar-refractivity contribution in [3.63, 3.8) is 0 Å². The van der Waals surface area contributed by atoms with Crippen LogP contribution in [0.15, 0.2) is 90.9 Å². The molecule has 8 nitrogen and oxygen atoms in total. The number of aromatic nitrogens is 2. The number of amides is 2. The van der Waals surface area contributed by atoms with Crippen LogP contribution in [0.1, 0.15) is 31.8 Å². The van der Waals surface area contributed by atoms with E-state index in [1.807, 2.05) is 60.8 Å². The highest BCUT2D eigenvalue weighted by molar-refractivity contribution is 6.34. The number of ether oxygens (including phenoxy) is 1. The largest absolute Gasteiger partial charge is 0.464 e. The van der Waals surface area contributed by atoms with Gasteiger partial charge in [0.15, 0.2) is 0 Å². The maximum Gasteiger partial charge on any atom is 0.354 e. The molecule has 9 heteroatoms. The number of aromatic amines is 1. The topological polar surface area (TPSA) is 113 Å². The van der Waals surface area contributed by atoms with E-state index in [-0.39, 0.29) is 22.2 Å². The minimum atomic E-state index is -0.735. The smallest absolute Gasteiger partial charge is 0.354 e. The number of carbonyl (C=O) groups excluding carboxylic acids is 3. The lowest BCUT2D eigenvalue weighted by molar-refractivity contribution is -0.136. The number of halogens is 1. The zero-order chi connectivity index (χ0) is 27.4. The Labute approximate surface area is 228 Å². The van der Waals surface area contributed by atoms with Crippen molar-refractivity contribution in [1.82, 2.24) is 20.6 Å². The van der Waals surface area contributed by atoms with Crippen LogP contribution in [0.25, 0.3) is 27.9 Å². The number of nitrogens with one attached hydrogen (secondary N) is 3. The summed E-state index contributed by atoms with van der Waals surface area (Å²) >= 11 is 6.37. The molecule has 0 aliphatic rings. The molecule has 5 rings (SSSR count). The molecule has 5 aromatic rings. The van der Waals surface area contributed by atoms with Crippen molar-refractivity contribution >= 4 is 57.3 Å². The molecule has 0 atom stereocenters. The van der Waals surface area contributed by atoms with Crippen LogP contribution < -0.4 is 10.6 Å². The summed E-state index contributed by atoms with van der Waals surface area (Å²) in [6, 6.07) is 21.6. The third kappa shape index (κ3) is 5.81. The fourth-order valence-electron chi connectivity index (χ4n) is 4.11. The second-order valence-corrected chi connectivity index (χ2v) is 9.15. The monoisotopic (exact) mass is 538 g/mol. The van der Waals surface area contributed by atoms with Crippen LogP contribution in [0.5, 0.6) is 0 Å². The van der Waals surface area contributed by atoms with E-state index in [0.29, 0.717) is 17.7 Å². The summed E-state index contributed by atoms with van der Waals surface area (Å²) in [5.41, 5.74) is 3.62. The maximum atomic E-state index is 13.0. The molecule has 0 aliphatic heterocycles. The number of hydrogen-bond acceptors (Lipinski definition) is 5. The van der Waals surface area contributed by atoms with E-state index < -0.39 is 11.9 Å². The van der Waals surface area contributed by atoms with Gasteiger partial charge >= 0.3 is 5.97 Å². The minimum absolute atomic E-state index is 0.0598. The Morgan fingerprint density at radius 3 is 2.64 bits per heavy atom. The molecular formula is C30H23ClN4O4. The molecule has 0 spiro atoms. The third-order valence-corrected chi connectivity index (χ3v) is 6.44. The van der Waals surface area contributed by atoms with Crippen molar-refractivity contribution in [3.8, 4) is 0 Å². The highest BCUT2D eigenvalue weighted by Gasteiger charge is 2.19. The number of pyridine rings is 1. The normalized spacial score (nSPS) is 11.4. The number of rotatable bonds is 7. The first-order chi connectivity index (χ1) is 18.9. The fraction of sp³-hybridized carbons (Fsp3) is 0.0667. The molecule has 0 bridgehead atoms. The number of nitrogens with zero attached hydrogens (tertiary/aromatic N) is 1. The lowest BCUT2D eigenvalue weighted by Crippen LogP contribution is -2.28. The number of para-hydroxylation sites is 1. The van der Waals surface area contributed by atoms with Gasteiger partial charge in [0.1, 0.15) is 5.70 Å². The van der Waals surface area contributed by atoms with E-state index in [1.165, 1.54) is 31.4 Å². The second-order valence-electron chi connectivity index (χ2n) is 8.74. The highest BCUT2D eigenvalue weighted by atomic mass is 35.5. The molecule has 0 radical (unpaired) electrons. The van der Waals surface area contributed by atoms with Gasteiger partial charge in [-0.25, -0.2) is 4.79 Å². The lowest BCUT2D eigenvalue weighted by atomic mass is 10.1. The molecular weight excluding hydrogens is 516 g/mol. The molecule has 0 saturated heterocycles. The Kier molecular flexibility index (Phi) is 7.38. The standard InChI is InChI=1S/C30H23ClN4O4/c1-39-30(38)27(14-19-12-21-4-2-3-5-25(21)33-17-19)35-29(37)23-9-8-22(15-24(23)31)28(36)34-16-18-6-7-20-10-11-32-26(20)13-18/h2-15,17,32H,16H2,1H3,(H,34,36)(H,35,37)/b27-14-. The summed E-state index contributed by atoms with van der Waals surface area (Å²) < 4.78 is 4.84. The molecule has 3 N–H and O–H groups in total. The number of H-pyrrole nitrogens is 1. The van der Waals surface area contributed by atoms with Crippen molar-refractivity contribution in [1.29, 1.82) is 0 Å². The average Bonchev–Trinajstić information content (AvgIpc) is 3.43. The molecule has 39 heavy (non-hydrogen) atoms. The molecule has 2 heterocycles. The Morgan fingerprint density at radius 1 is 0.974 bits per heavy atom. The third-order valence-electron chi connectivity index (χ3n) is 6.12. The molecule has 3 aromatic carbocycles. The zero-order valence-electron chi connectivity index (χ0n) is 20.8. The van der Waals surface area contributed by atoms with Gasteiger partial charge in [-0.1, -0.05) is 41.9 Å². The fourth-order valence-corrected chi connectivity index (χ4v) is 4.38. The van der Waals surface area contributed by atoms with Gasteiger partial charge in [0.05, 0.1) is 23.2 Å². The predicted octanol–water partition coefficient (Wildman–Crippen LogP) is 5.24. The zero-order valence-corrected chi connectivity index (χ0v) is 21.6. The Balaban J connectivity index is 1.29. The molecule has 2 aromatic heterocycles. The van der Waals surface area contributed by atoms with Gasteiger partial charge in [0.25, 0.3) is 11.8 Å². The van der Waals surface area contributed by atoms with Crippen LogP contribution in [-0.4, -0.2) is 34.9 Å². The van der Waals surface area contributed by atoms with E-state index in [9.17, 15) is 14.4 Å². The summed E-state index contributed by atoms with van der Waals surface area (Å²) in [6.45, 7) is 0.324. The van der Waals surface area contributed by atoms with Crippen LogP contribution in [0, 0.1) is 0 Å². The Bertz CT molecular complexity index is 1760. The van der Waals surface area contributed by atoms with Gasteiger partial charge in [-0.2, -0.15) is 0 Å². The van der Waals surface area contributed by atoms with Gasteiger partial charge in [0, 0.05) is 35.4 Å². The van der Waals surface area contributed by atoms with E-state index in [0.717, 1.165) is 27.4 Å². The summed E-state index contributed by atoms with van der Waals surface area (Å²) in [6.07, 6.45) is 4.93. The number of benzene rings is 3. The molecule has 0 fully saturated rings. The first-order valence-electron chi connectivity index (χ1n) is 12.0. The number of hydrogen-bond donors (Lipinski definition) is 3. The van der Waals surface area contributed by atoms with E-state index >= 15 is 0 Å². The number of methoxy groups -OCH3 is 1. The van der Waals surface area contributed by atoms with Gasteiger partial charge in [-0.05, 0) is 65.1 Å². The van der Waals surface area contributed by atoms with Gasteiger partial charge in [0.2, 0.25) is 0 Å². The van der Waals surface area contributed by atoms with Crippen LogP contribution in [-0.2, 0) is 16.1 Å². The quantitative estimate of drug-likeness (QED) is 0.194. The number of carbonyl (C=O) groups is 3. The Morgan fingerprint density at radius 2 is 1.82 bits per heavy atom. The molecule has 0 unspecified atom stereocenters. The van der Waals surface area contributed by atoms with E-state index in [1.54, 1.807) is 6.20 Å². The van der Waals surface area contributed by atoms with Crippen molar-refractivity contribution in [2.24, 2.45) is 0 Å². The first-order valence-corrected chi connectivity index (χ1v) is 12.4. The number of esters is 1. The molecule has 194 valence electrons. The molecule has 0 saturated carbocycles. The summed E-state index contributed by atoms with van der Waals surface area (Å²) in [7, 11) is 1.22. The second kappa shape index (κ2) is 11.2. The molecule has 2 amide bonds. The van der Waals surface area contributed by atoms with Crippen molar-refractivity contribution in [2.75, 3.05) is 7.11 Å². The van der Waals surface area contributed by atoms with Gasteiger partial charge in [-0.3, -0.25) is 14.6 Å². The van der Waals surface area contributed by atoms with Crippen LogP contribution in [0.3, 0.4) is 0 Å². The van der Waals surface area contributed by atoms with E-state index in [2.05, 4.69) is 20.6 Å². The van der Waals surface area contributed by atoms with Gasteiger partial charge < -0.3 is 20.4 Å². The van der Waals surface area contributed by atoms with Crippen LogP contribution in [0.2, 0.25) is 5.02 Å². The van der Waals surface area contributed by atoms with Crippen molar-refractivity contribution in [3.05, 3.63) is 118 Å². The summed E-state index contributed by atoms with van der Waals surface area (Å²) in [5.74, 6) is -1.70. The molecule has 0 aliphatic carbocycles. The SMILES string of the molecule is COC(=O)/C(=C/c1cnc2ccccc2c1)NC(=O)c1ccc(C(=O)NCc2ccc3cc[nH]c3c2)cc1Cl. The first kappa shape index (κ1) is 25.7. The maximum absolute atomic E-state index is 13.0. The highest BCUT2D eigenvalue weighted by Crippen LogP contribution is 2.20. The van der Waals surface area contributed by atoms with Crippen molar-refractivity contribution in [2.45, 2.75) is 6.54 Å². The lowest BCUT2D eigenvalue weighted by Gasteiger charge is -2.11. The summed E-state index contributed by atoms with van der Waals surface area (Å²) in [4.78, 5) is 45.6. The van der Waals surface area contributed by atoms with Crippen LogP contribution in [0.4, 0.5) is 0 Å².